The van der Waals surface area contributed by atoms with Gasteiger partial charge in [-0.25, -0.2) is 5.48 Å². The quantitative estimate of drug-likeness (QED) is 0.219. The molecule has 1 aliphatic rings. The molecule has 0 aliphatic carbocycles. The van der Waals surface area contributed by atoms with Crippen LogP contribution in [0.1, 0.15) is 39.0 Å². The van der Waals surface area contributed by atoms with Gasteiger partial charge < -0.3 is 10.1 Å². The number of hydrogen-bond acceptors (Lipinski definition) is 6. The number of ether oxygens (including phenoxy) is 1. The normalized spacial score (nSPS) is 16.1. The molecule has 1 aromatic rings. The van der Waals surface area contributed by atoms with E-state index in [1.807, 2.05) is 29.7 Å². The van der Waals surface area contributed by atoms with E-state index < -0.39 is 0 Å². The van der Waals surface area contributed by atoms with Crippen LogP contribution in [-0.4, -0.2) is 60.6 Å². The van der Waals surface area contributed by atoms with Gasteiger partial charge in [0.05, 0.1) is 10.1 Å². The molecule has 152 valence electrons. The van der Waals surface area contributed by atoms with Gasteiger partial charge in [-0.3, -0.25) is 14.9 Å². The molecule has 1 unspecified atom stereocenters. The van der Waals surface area contributed by atoms with Gasteiger partial charge in [-0.2, -0.15) is 0 Å². The molecular weight excluding hydrogens is 362 g/mol. The van der Waals surface area contributed by atoms with Crippen molar-refractivity contribution in [3.8, 4) is 5.75 Å². The van der Waals surface area contributed by atoms with Crippen LogP contribution in [0, 0.1) is 0 Å². The third-order valence-corrected chi connectivity index (χ3v) is 6.04. The van der Waals surface area contributed by atoms with Crippen molar-refractivity contribution in [2.45, 2.75) is 49.2 Å². The fraction of sp³-hybridized carbons (Fsp3) is 0.650. The van der Waals surface area contributed by atoms with E-state index in [2.05, 4.69) is 17.1 Å². The zero-order valence-corrected chi connectivity index (χ0v) is 17.1. The summed E-state index contributed by atoms with van der Waals surface area (Å²) in [6.45, 7) is 7.86. The highest BCUT2D eigenvalue weighted by atomic mass is 32.2. The minimum atomic E-state index is -0.341. The molecule has 7 heteroatoms. The lowest BCUT2D eigenvalue weighted by molar-refractivity contribution is -0.128. The molecule has 0 aromatic heterocycles. The van der Waals surface area contributed by atoms with Crippen molar-refractivity contribution in [2.24, 2.45) is 0 Å². The second-order valence-electron chi connectivity index (χ2n) is 6.82. The van der Waals surface area contributed by atoms with E-state index in [-0.39, 0.29) is 11.2 Å². The number of hydrogen-bond donors (Lipinski definition) is 3. The van der Waals surface area contributed by atoms with E-state index >= 15 is 0 Å². The summed E-state index contributed by atoms with van der Waals surface area (Å²) in [5, 5.41) is 12.1. The maximum absolute atomic E-state index is 12.1. The third-order valence-electron chi connectivity index (χ3n) is 4.72. The van der Waals surface area contributed by atoms with Gasteiger partial charge in [0.15, 0.2) is 0 Å². The summed E-state index contributed by atoms with van der Waals surface area (Å²) in [5.74, 6) is 0.467. The second-order valence-corrected chi connectivity index (χ2v) is 8.06. The lowest BCUT2D eigenvalue weighted by Gasteiger charge is -2.27. The Labute approximate surface area is 167 Å². The van der Waals surface area contributed by atoms with Gasteiger partial charge in [0.1, 0.15) is 12.4 Å². The van der Waals surface area contributed by atoms with Crippen LogP contribution in [0.15, 0.2) is 29.2 Å². The van der Waals surface area contributed by atoms with Gasteiger partial charge in [0, 0.05) is 32.7 Å². The Bertz CT molecular complexity index is 553. The van der Waals surface area contributed by atoms with Crippen molar-refractivity contribution < 1.29 is 14.7 Å². The molecule has 0 saturated carbocycles. The zero-order chi connectivity index (χ0) is 19.3. The molecule has 0 bridgehead atoms. The number of carbonyl (C=O) groups excluding carboxylic acids is 1. The largest absolute Gasteiger partial charge is 0.491 e. The molecule has 1 fully saturated rings. The first-order valence-electron chi connectivity index (χ1n) is 10.00. The fourth-order valence-corrected chi connectivity index (χ4v) is 4.26. The van der Waals surface area contributed by atoms with Crippen molar-refractivity contribution in [3.63, 3.8) is 0 Å². The number of nitrogens with one attached hydrogen (secondary N) is 2. The SMILES string of the molecule is CCCCCCC(Sc1ccccc1OCCN1CCNCC1)C(=O)NO. The lowest BCUT2D eigenvalue weighted by Crippen LogP contribution is -2.44. The molecule has 1 amide bonds. The first-order chi connectivity index (χ1) is 13.2. The smallest absolute Gasteiger partial charge is 0.256 e. The number of benzene rings is 1. The van der Waals surface area contributed by atoms with Crippen LogP contribution in [-0.2, 0) is 4.79 Å². The average Bonchev–Trinajstić information content (AvgIpc) is 2.71. The maximum Gasteiger partial charge on any atom is 0.256 e. The number of nitrogens with zero attached hydrogens (tertiary/aromatic N) is 1. The summed E-state index contributed by atoms with van der Waals surface area (Å²) in [4.78, 5) is 15.4. The average molecular weight is 396 g/mol. The standard InChI is InChI=1S/C20H33N3O3S/c1-2-3-4-5-10-19(20(24)22-25)27-18-9-7-6-8-17(18)26-16-15-23-13-11-21-12-14-23/h6-9,19,21,25H,2-5,10-16H2,1H3,(H,22,24). The van der Waals surface area contributed by atoms with Gasteiger partial charge in [0.25, 0.3) is 5.91 Å². The van der Waals surface area contributed by atoms with Crippen LogP contribution in [0.25, 0.3) is 0 Å². The van der Waals surface area contributed by atoms with Crippen molar-refractivity contribution >= 4 is 17.7 Å². The number of thioether (sulfide) groups is 1. The van der Waals surface area contributed by atoms with Crippen molar-refractivity contribution in [3.05, 3.63) is 24.3 Å². The van der Waals surface area contributed by atoms with Gasteiger partial charge in [-0.15, -0.1) is 11.8 Å². The molecule has 1 atom stereocenters. The Balaban J connectivity index is 1.89. The Morgan fingerprint density at radius 3 is 2.81 bits per heavy atom. The molecule has 3 N–H and O–H groups in total. The minimum absolute atomic E-state index is 0.315. The van der Waals surface area contributed by atoms with Gasteiger partial charge in [-0.1, -0.05) is 44.7 Å². The number of para-hydroxylation sites is 1. The first kappa shape index (κ1) is 22.0. The highest BCUT2D eigenvalue weighted by Gasteiger charge is 2.21. The Morgan fingerprint density at radius 1 is 1.30 bits per heavy atom. The molecule has 1 aromatic carbocycles. The molecule has 1 heterocycles. The number of amides is 1. The second kappa shape index (κ2) is 13.0. The summed E-state index contributed by atoms with van der Waals surface area (Å²) in [5.41, 5.74) is 1.82. The van der Waals surface area contributed by atoms with E-state index in [0.717, 1.165) is 69.1 Å². The topological polar surface area (TPSA) is 73.8 Å². The van der Waals surface area contributed by atoms with E-state index in [1.165, 1.54) is 18.2 Å². The molecule has 0 spiro atoms. The monoisotopic (exact) mass is 395 g/mol. The van der Waals surface area contributed by atoms with Gasteiger partial charge in [-0.05, 0) is 18.6 Å². The maximum atomic E-state index is 12.1. The predicted octanol–water partition coefficient (Wildman–Crippen LogP) is 2.91. The van der Waals surface area contributed by atoms with Crippen LogP contribution in [0.3, 0.4) is 0 Å². The Kier molecular flexibility index (Phi) is 10.6. The number of unbranched alkanes of at least 4 members (excludes halogenated alkanes) is 3. The molecule has 6 nitrogen and oxygen atoms in total. The van der Waals surface area contributed by atoms with Crippen LogP contribution < -0.4 is 15.5 Å². The molecule has 0 radical (unpaired) electrons. The number of hydroxylamine groups is 1. The third kappa shape index (κ3) is 8.09. The fourth-order valence-electron chi connectivity index (χ4n) is 3.11. The van der Waals surface area contributed by atoms with E-state index in [9.17, 15) is 4.79 Å². The van der Waals surface area contributed by atoms with E-state index in [4.69, 9.17) is 9.94 Å². The van der Waals surface area contributed by atoms with Gasteiger partial charge >= 0.3 is 0 Å². The molecular formula is C20H33N3O3S. The Hall–Kier alpha value is -1.28. The summed E-state index contributed by atoms with van der Waals surface area (Å²) < 4.78 is 6.02. The van der Waals surface area contributed by atoms with Gasteiger partial charge in [0.2, 0.25) is 0 Å². The number of carbonyl (C=O) groups is 1. The summed E-state index contributed by atoms with van der Waals surface area (Å²) in [6, 6.07) is 7.84. The zero-order valence-electron chi connectivity index (χ0n) is 16.3. The van der Waals surface area contributed by atoms with Crippen molar-refractivity contribution in [1.29, 1.82) is 0 Å². The van der Waals surface area contributed by atoms with Crippen LogP contribution >= 0.6 is 11.8 Å². The number of piperazine rings is 1. The van der Waals surface area contributed by atoms with E-state index in [1.54, 1.807) is 0 Å². The molecule has 27 heavy (non-hydrogen) atoms. The summed E-state index contributed by atoms with van der Waals surface area (Å²) >= 11 is 1.47. The highest BCUT2D eigenvalue weighted by molar-refractivity contribution is 8.00. The molecule has 1 aliphatic heterocycles. The van der Waals surface area contributed by atoms with Crippen LogP contribution in [0.5, 0.6) is 5.75 Å². The van der Waals surface area contributed by atoms with E-state index in [0.29, 0.717) is 6.61 Å². The molecule has 1 saturated heterocycles. The minimum Gasteiger partial charge on any atom is -0.491 e. The van der Waals surface area contributed by atoms with Crippen LogP contribution in [0.4, 0.5) is 0 Å². The summed E-state index contributed by atoms with van der Waals surface area (Å²) in [6.07, 6.45) is 5.16. The Morgan fingerprint density at radius 2 is 2.07 bits per heavy atom. The highest BCUT2D eigenvalue weighted by Crippen LogP contribution is 2.34. The first-order valence-corrected chi connectivity index (χ1v) is 10.9. The lowest BCUT2D eigenvalue weighted by atomic mass is 10.1. The predicted molar refractivity (Wildman–Crippen MR) is 110 cm³/mol. The number of rotatable bonds is 12. The van der Waals surface area contributed by atoms with Crippen molar-refractivity contribution in [1.82, 2.24) is 15.7 Å². The molecule has 2 rings (SSSR count). The van der Waals surface area contributed by atoms with Crippen LogP contribution in [0.2, 0.25) is 0 Å². The van der Waals surface area contributed by atoms with Crippen molar-refractivity contribution in [2.75, 3.05) is 39.3 Å². The summed E-state index contributed by atoms with van der Waals surface area (Å²) in [7, 11) is 0.